The highest BCUT2D eigenvalue weighted by Crippen LogP contribution is 2.51. The maximum absolute atomic E-state index is 14.0. The van der Waals surface area contributed by atoms with E-state index in [4.69, 9.17) is 9.31 Å². The third-order valence-electron chi connectivity index (χ3n) is 21.4. The molecule has 15 heteroatoms. The molecule has 9 heterocycles. The Balaban J connectivity index is 0.000000127. The van der Waals surface area contributed by atoms with Crippen molar-refractivity contribution in [2.75, 3.05) is 0 Å². The summed E-state index contributed by atoms with van der Waals surface area (Å²) in [7, 11) is -7.37. The van der Waals surface area contributed by atoms with Crippen LogP contribution in [0.2, 0.25) is 0 Å². The van der Waals surface area contributed by atoms with E-state index in [1.165, 1.54) is 114 Å². The minimum Gasteiger partial charge on any atom is -1.00 e. The minimum atomic E-state index is -3.67. The van der Waals surface area contributed by atoms with E-state index in [2.05, 4.69) is 267 Å². The van der Waals surface area contributed by atoms with E-state index >= 15 is 0 Å². The van der Waals surface area contributed by atoms with Crippen molar-refractivity contribution < 1.29 is 50.1 Å². The molecule has 0 radical (unpaired) electrons. The Hall–Kier alpha value is -9.17. The molecule has 0 saturated carbocycles. The van der Waals surface area contributed by atoms with Crippen LogP contribution in [0.4, 0.5) is 0 Å². The normalized spacial score (nSPS) is 15.3. The molecular formula is C85H58BBr2IN3O6S2-. The van der Waals surface area contributed by atoms with Crippen molar-refractivity contribution >= 4 is 178 Å². The van der Waals surface area contributed by atoms with Crippen LogP contribution in [0.5, 0.6) is 0 Å². The highest BCUT2D eigenvalue weighted by atomic mass is 127. The van der Waals surface area contributed by atoms with E-state index in [1.807, 2.05) is 24.3 Å². The largest absolute Gasteiger partial charge is 1.00 e. The molecule has 3 aliphatic heterocycles. The van der Waals surface area contributed by atoms with Gasteiger partial charge < -0.3 is 46.5 Å². The number of aromatic nitrogens is 3. The van der Waals surface area contributed by atoms with Gasteiger partial charge in [-0.25, -0.2) is 16.8 Å². The Kier molecular flexibility index (Phi) is 14.0. The number of rotatable bonds is 3. The van der Waals surface area contributed by atoms with Crippen molar-refractivity contribution in [3.05, 3.63) is 264 Å². The third-order valence-corrected chi connectivity index (χ3v) is 26.1. The highest BCUT2D eigenvalue weighted by Gasteiger charge is 2.52. The Morgan fingerprint density at radius 2 is 0.560 bits per heavy atom. The molecule has 1 saturated heterocycles. The van der Waals surface area contributed by atoms with Gasteiger partial charge >= 0.3 is 7.12 Å². The minimum absolute atomic E-state index is 0. The smallest absolute Gasteiger partial charge is 0.494 e. The summed E-state index contributed by atoms with van der Waals surface area (Å²) >= 11 is 6.73. The lowest BCUT2D eigenvalue weighted by Gasteiger charge is -2.32. The Labute approximate surface area is 610 Å². The predicted octanol–water partition coefficient (Wildman–Crippen LogP) is 18.9. The van der Waals surface area contributed by atoms with Crippen molar-refractivity contribution in [1.29, 1.82) is 0 Å². The molecule has 13 aromatic carbocycles. The van der Waals surface area contributed by atoms with Crippen molar-refractivity contribution in [2.45, 2.75) is 65.9 Å². The molecule has 1 fully saturated rings. The van der Waals surface area contributed by atoms with Crippen LogP contribution in [0.15, 0.2) is 283 Å². The molecule has 6 aromatic heterocycles. The number of nitrogens with zero attached hydrogens (tertiary/aromatic N) is 3. The second-order valence-corrected chi connectivity index (χ2v) is 32.8. The quantitative estimate of drug-likeness (QED) is 0.129. The van der Waals surface area contributed by atoms with Gasteiger partial charge in [0.15, 0.2) is 0 Å². The third kappa shape index (κ3) is 8.75. The van der Waals surface area contributed by atoms with Gasteiger partial charge in [0, 0.05) is 95.8 Å². The fourth-order valence-electron chi connectivity index (χ4n) is 16.3. The zero-order chi connectivity index (χ0) is 66.2. The summed E-state index contributed by atoms with van der Waals surface area (Å²) in [6.07, 6.45) is 0. The first kappa shape index (κ1) is 63.0. The molecule has 9 nitrogen and oxygen atoms in total. The summed E-state index contributed by atoms with van der Waals surface area (Å²) in [5, 5.41) is 14.7. The zero-order valence-corrected chi connectivity index (χ0v) is 60.5. The lowest BCUT2D eigenvalue weighted by Crippen LogP contribution is -3.00. The number of halogens is 3. The van der Waals surface area contributed by atoms with Gasteiger partial charge in [-0.3, -0.25) is 0 Å². The van der Waals surface area contributed by atoms with Gasteiger partial charge in [0.1, 0.15) is 0 Å². The van der Waals surface area contributed by atoms with Crippen molar-refractivity contribution in [3.8, 4) is 44.5 Å². The molecule has 0 amide bonds. The molecule has 100 heavy (non-hydrogen) atoms. The molecule has 22 rings (SSSR count). The van der Waals surface area contributed by atoms with E-state index in [-0.39, 0.29) is 49.7 Å². The first-order valence-corrected chi connectivity index (χ1v) is 37.2. The lowest BCUT2D eigenvalue weighted by atomic mass is 9.77. The summed E-state index contributed by atoms with van der Waals surface area (Å²) < 4.78 is 74.2. The second kappa shape index (κ2) is 22.2. The van der Waals surface area contributed by atoms with Gasteiger partial charge in [-0.05, 0) is 177 Å². The summed E-state index contributed by atoms with van der Waals surface area (Å²) in [5.74, 6) is 0. The van der Waals surface area contributed by atoms with E-state index in [0.29, 0.717) is 19.6 Å². The van der Waals surface area contributed by atoms with Crippen LogP contribution < -0.4 is 29.4 Å². The van der Waals surface area contributed by atoms with Crippen LogP contribution in [-0.4, -0.2) is 48.4 Å². The monoisotopic (exact) mass is 1580 g/mol. The number of hydrogen-bond donors (Lipinski definition) is 0. The van der Waals surface area contributed by atoms with Crippen LogP contribution in [0.25, 0.3) is 159 Å². The second-order valence-electron chi connectivity index (χ2n) is 27.2. The maximum Gasteiger partial charge on any atom is 0.494 e. The Morgan fingerprint density at radius 3 is 0.850 bits per heavy atom. The zero-order valence-electron chi connectivity index (χ0n) is 53.6. The van der Waals surface area contributed by atoms with Gasteiger partial charge in [-0.2, -0.15) is 0 Å². The molecule has 0 aliphatic carbocycles. The lowest BCUT2D eigenvalue weighted by molar-refractivity contribution is -0.0000259. The SMILES string of the molecule is C.CC1(C)OB(c2cc3c4ccccc4n4c5ccccc5c(c2)c34)OC1(C)C.O=S1(=O)c2ccc(-c3cc4c5ccccc5n5c6ccccc6c(c3)c45)cc2-c2cc(-c3cc4c5ccccc5n5c6ccccc6c(c3)c45)ccc21.O=S1(=O)c2ccc(Br)cc2-c2cc(Br)ccc21.[I-]. The van der Waals surface area contributed by atoms with Crippen LogP contribution in [0.3, 0.4) is 0 Å². The molecule has 486 valence electrons. The molecule has 0 bridgehead atoms. The Bertz CT molecular complexity index is 6420. The van der Waals surface area contributed by atoms with Gasteiger partial charge in [-0.1, -0.05) is 173 Å². The van der Waals surface area contributed by atoms with E-state index < -0.39 is 19.7 Å². The molecular weight excluding hydrogens is 1520 g/mol. The average molecular weight is 1580 g/mol. The van der Waals surface area contributed by atoms with Crippen molar-refractivity contribution in [3.63, 3.8) is 0 Å². The summed E-state index contributed by atoms with van der Waals surface area (Å²) in [4.78, 5) is 1.50. The molecule has 0 N–H and O–H groups in total. The van der Waals surface area contributed by atoms with Crippen LogP contribution in [-0.2, 0) is 29.0 Å². The maximum atomic E-state index is 14.0. The van der Waals surface area contributed by atoms with E-state index in [9.17, 15) is 16.8 Å². The first-order chi connectivity index (χ1) is 47.4. The van der Waals surface area contributed by atoms with Gasteiger partial charge in [0.25, 0.3) is 0 Å². The standard InChI is InChI=1S/C48H26N2O2S.C24H22BNO2.C12H6Br2O2S.CH4.HI/c51-53(52)45-19-17-27(29-23-37-31-9-1-5-13-41(31)49-42-14-6-2-10-32(42)38(24-29)47(37)49)21-35(45)36-22-28(18-20-46(36)53)30-25-39-33-11-3-7-15-43(33)50-44-16-8-4-12-34(44)40(26-30)48(39)50;1-23(2)24(3,4)28-25(27-23)15-13-18-16-9-5-7-11-20(16)26-21-12-8-6-10-17(21)19(14-15)22(18)26;13-7-1-3-11-9(5-7)10-6-8(14)2-4-12(10)17(11,15)16;;/h1-26H;5-14H,1-4H3;1-6H;1H4;1H/p-1. The summed E-state index contributed by atoms with van der Waals surface area (Å²) in [6, 6.07) is 87.4. The number of hydrogen-bond acceptors (Lipinski definition) is 6. The topological polar surface area (TPSA) is 100.0 Å². The van der Waals surface area contributed by atoms with Gasteiger partial charge in [0.2, 0.25) is 19.7 Å². The number of fused-ring (bicyclic) bond motifs is 24. The number of benzene rings is 13. The van der Waals surface area contributed by atoms with Gasteiger partial charge in [-0.15, -0.1) is 0 Å². The average Bonchev–Trinajstić information content (AvgIpc) is 1.57. The molecule has 19 aromatic rings. The highest BCUT2D eigenvalue weighted by molar-refractivity contribution is 9.10. The molecule has 0 unspecified atom stereocenters. The number of para-hydroxylation sites is 6. The molecule has 0 atom stereocenters. The molecule has 3 aliphatic rings. The summed E-state index contributed by atoms with van der Waals surface area (Å²) in [6.45, 7) is 8.41. The van der Waals surface area contributed by atoms with Crippen LogP contribution >= 0.6 is 31.9 Å². The van der Waals surface area contributed by atoms with Crippen LogP contribution in [0, 0.1) is 0 Å². The van der Waals surface area contributed by atoms with E-state index in [1.54, 1.807) is 36.4 Å². The van der Waals surface area contributed by atoms with Crippen molar-refractivity contribution in [2.24, 2.45) is 0 Å². The number of sulfone groups is 2. The van der Waals surface area contributed by atoms with Gasteiger partial charge in [0.05, 0.1) is 80.4 Å². The fraction of sp³-hybridized carbons (Fsp3) is 0.0824. The van der Waals surface area contributed by atoms with E-state index in [0.717, 1.165) is 58.9 Å². The van der Waals surface area contributed by atoms with Crippen LogP contribution in [0.1, 0.15) is 35.1 Å². The first-order valence-electron chi connectivity index (χ1n) is 32.7. The Morgan fingerprint density at radius 1 is 0.310 bits per heavy atom. The summed E-state index contributed by atoms with van der Waals surface area (Å²) in [5.41, 5.74) is 18.5. The molecule has 0 spiro atoms. The predicted molar refractivity (Wildman–Crippen MR) is 414 cm³/mol. The van der Waals surface area contributed by atoms with Crippen molar-refractivity contribution in [1.82, 2.24) is 13.2 Å². The fourth-order valence-corrected chi connectivity index (χ4v) is 20.3.